The number of aryl methyl sites for hydroxylation is 1. The molecule has 0 radical (unpaired) electrons. The Labute approximate surface area is 102 Å². The summed E-state index contributed by atoms with van der Waals surface area (Å²) in [6, 6.07) is 10.2. The average Bonchev–Trinajstić information content (AvgIpc) is 2.39. The van der Waals surface area contributed by atoms with Crippen molar-refractivity contribution in [1.29, 1.82) is 0 Å². The maximum Gasteiger partial charge on any atom is 0.201 e. The molecule has 0 bridgehead atoms. The zero-order chi connectivity index (χ0) is 12.9. The van der Waals surface area contributed by atoms with Gasteiger partial charge in [0, 0.05) is 12.4 Å². The average molecular weight is 241 g/mol. The lowest BCUT2D eigenvalue weighted by atomic mass is 10.1. The summed E-state index contributed by atoms with van der Waals surface area (Å²) in [5.41, 5.74) is 1.11. The summed E-state index contributed by atoms with van der Waals surface area (Å²) >= 11 is 0. The van der Waals surface area contributed by atoms with Crippen molar-refractivity contribution in [2.75, 3.05) is 0 Å². The molecule has 3 rings (SSSR count). The fourth-order valence-corrected chi connectivity index (χ4v) is 2.30. The summed E-state index contributed by atoms with van der Waals surface area (Å²) in [5.74, 6) is -0.645. The van der Waals surface area contributed by atoms with Gasteiger partial charge >= 0.3 is 0 Å². The molecule has 0 spiro atoms. The van der Waals surface area contributed by atoms with Crippen LogP contribution in [-0.2, 0) is 7.05 Å². The maximum atomic E-state index is 12.3. The summed E-state index contributed by atoms with van der Waals surface area (Å²) in [7, 11) is 1.82. The Morgan fingerprint density at radius 3 is 2.50 bits per heavy atom. The van der Waals surface area contributed by atoms with Crippen molar-refractivity contribution in [1.82, 2.24) is 4.57 Å². The van der Waals surface area contributed by atoms with E-state index in [0.29, 0.717) is 10.9 Å². The van der Waals surface area contributed by atoms with E-state index in [-0.39, 0.29) is 22.3 Å². The Bertz CT molecular complexity index is 834. The van der Waals surface area contributed by atoms with Crippen molar-refractivity contribution in [3.8, 4) is 11.5 Å². The number of hydrogen-bond donors (Lipinski definition) is 2. The highest BCUT2D eigenvalue weighted by atomic mass is 16.3. The van der Waals surface area contributed by atoms with Crippen molar-refractivity contribution < 1.29 is 10.2 Å². The van der Waals surface area contributed by atoms with Gasteiger partial charge < -0.3 is 14.8 Å². The van der Waals surface area contributed by atoms with Crippen molar-refractivity contribution in [2.45, 2.75) is 0 Å². The minimum absolute atomic E-state index is 0.149. The molecule has 0 saturated heterocycles. The number of benzene rings is 2. The monoisotopic (exact) mass is 241 g/mol. The molecule has 0 aliphatic heterocycles. The van der Waals surface area contributed by atoms with Gasteiger partial charge in [0.05, 0.1) is 16.4 Å². The minimum Gasteiger partial charge on any atom is -0.504 e. The summed E-state index contributed by atoms with van der Waals surface area (Å²) in [6.07, 6.45) is 0. The molecule has 4 heteroatoms. The zero-order valence-corrected chi connectivity index (χ0v) is 9.71. The van der Waals surface area contributed by atoms with Crippen LogP contribution in [0.15, 0.2) is 41.2 Å². The molecule has 4 nitrogen and oxygen atoms in total. The lowest BCUT2D eigenvalue weighted by Crippen LogP contribution is -2.09. The van der Waals surface area contributed by atoms with E-state index in [2.05, 4.69) is 0 Å². The number of aromatic nitrogens is 1. The smallest absolute Gasteiger partial charge is 0.201 e. The van der Waals surface area contributed by atoms with Crippen LogP contribution in [0.25, 0.3) is 21.8 Å². The van der Waals surface area contributed by atoms with E-state index in [1.807, 2.05) is 23.7 Å². The predicted octanol–water partition coefficient (Wildman–Crippen LogP) is 2.10. The molecular weight excluding hydrogens is 230 g/mol. The third-order valence-corrected chi connectivity index (χ3v) is 3.23. The van der Waals surface area contributed by atoms with Gasteiger partial charge in [0.15, 0.2) is 11.5 Å². The minimum atomic E-state index is -0.362. The van der Waals surface area contributed by atoms with Crippen molar-refractivity contribution in [3.63, 3.8) is 0 Å². The first-order valence-electron chi connectivity index (χ1n) is 5.53. The normalized spacial score (nSPS) is 11.2. The SMILES string of the molecule is Cn1c2ccccc2c(=O)c2c(O)c(O)ccc21. The standard InChI is InChI=1S/C14H11NO3/c1-15-9-5-3-2-4-8(9)13(17)12-10(15)6-7-11(16)14(12)18/h2-7,16,18H,1H3. The third kappa shape index (κ3) is 1.23. The molecule has 3 aromatic rings. The van der Waals surface area contributed by atoms with Crippen LogP contribution in [0.3, 0.4) is 0 Å². The highest BCUT2D eigenvalue weighted by molar-refractivity contribution is 5.97. The number of rotatable bonds is 0. The van der Waals surface area contributed by atoms with E-state index in [1.54, 1.807) is 18.2 Å². The van der Waals surface area contributed by atoms with Gasteiger partial charge in [-0.2, -0.15) is 0 Å². The maximum absolute atomic E-state index is 12.3. The molecule has 0 amide bonds. The molecule has 90 valence electrons. The molecule has 18 heavy (non-hydrogen) atoms. The highest BCUT2D eigenvalue weighted by Crippen LogP contribution is 2.32. The molecule has 0 atom stereocenters. The van der Waals surface area contributed by atoms with E-state index in [4.69, 9.17) is 0 Å². The van der Waals surface area contributed by atoms with Gasteiger partial charge in [-0.25, -0.2) is 0 Å². The molecule has 1 aromatic heterocycles. The lowest BCUT2D eigenvalue weighted by Gasteiger charge is -2.11. The Morgan fingerprint density at radius 1 is 1.00 bits per heavy atom. The number of pyridine rings is 1. The highest BCUT2D eigenvalue weighted by Gasteiger charge is 2.14. The second-order valence-corrected chi connectivity index (χ2v) is 4.23. The van der Waals surface area contributed by atoms with Crippen LogP contribution in [0.2, 0.25) is 0 Å². The van der Waals surface area contributed by atoms with Gasteiger partial charge in [-0.15, -0.1) is 0 Å². The molecule has 0 unspecified atom stereocenters. The van der Waals surface area contributed by atoms with Gasteiger partial charge in [-0.1, -0.05) is 12.1 Å². The van der Waals surface area contributed by atoms with E-state index in [1.165, 1.54) is 6.07 Å². The molecule has 2 aromatic carbocycles. The molecule has 0 aliphatic carbocycles. The van der Waals surface area contributed by atoms with Crippen molar-refractivity contribution in [3.05, 3.63) is 46.6 Å². The van der Waals surface area contributed by atoms with E-state index in [9.17, 15) is 15.0 Å². The first kappa shape index (κ1) is 10.7. The molecule has 1 heterocycles. The molecular formula is C14H11NO3. The van der Waals surface area contributed by atoms with E-state index < -0.39 is 0 Å². The van der Waals surface area contributed by atoms with Gasteiger partial charge in [-0.05, 0) is 24.3 Å². The fourth-order valence-electron chi connectivity index (χ4n) is 2.30. The first-order valence-corrected chi connectivity index (χ1v) is 5.53. The topological polar surface area (TPSA) is 62.5 Å². The van der Waals surface area contributed by atoms with Crippen molar-refractivity contribution >= 4 is 21.8 Å². The molecule has 0 saturated carbocycles. The van der Waals surface area contributed by atoms with Gasteiger partial charge in [-0.3, -0.25) is 4.79 Å². The number of fused-ring (bicyclic) bond motifs is 2. The molecule has 0 fully saturated rings. The number of aromatic hydroxyl groups is 2. The second kappa shape index (κ2) is 3.50. The summed E-state index contributed by atoms with van der Waals surface area (Å²) in [4.78, 5) is 12.3. The number of nitrogens with zero attached hydrogens (tertiary/aromatic N) is 1. The number of phenolic OH excluding ortho intramolecular Hbond substituents is 2. The second-order valence-electron chi connectivity index (χ2n) is 4.23. The number of hydrogen-bond acceptors (Lipinski definition) is 3. The quantitative estimate of drug-likeness (QED) is 0.468. The van der Waals surface area contributed by atoms with Crippen LogP contribution >= 0.6 is 0 Å². The van der Waals surface area contributed by atoms with E-state index >= 15 is 0 Å². The van der Waals surface area contributed by atoms with Gasteiger partial charge in [0.1, 0.15) is 0 Å². The fraction of sp³-hybridized carbons (Fsp3) is 0.0714. The largest absolute Gasteiger partial charge is 0.504 e. The molecule has 0 aliphatic rings. The van der Waals surface area contributed by atoms with Gasteiger partial charge in [0.25, 0.3) is 0 Å². The predicted molar refractivity (Wildman–Crippen MR) is 70.0 cm³/mol. The van der Waals surface area contributed by atoms with Crippen LogP contribution in [0, 0.1) is 0 Å². The summed E-state index contributed by atoms with van der Waals surface area (Å²) in [5, 5.41) is 20.0. The summed E-state index contributed by atoms with van der Waals surface area (Å²) < 4.78 is 1.82. The molecule has 2 N–H and O–H groups in total. The van der Waals surface area contributed by atoms with Crippen LogP contribution in [0.1, 0.15) is 0 Å². The Balaban J connectivity index is 2.72. The zero-order valence-electron chi connectivity index (χ0n) is 9.71. The Morgan fingerprint density at radius 2 is 1.72 bits per heavy atom. The lowest BCUT2D eigenvalue weighted by molar-refractivity contribution is 0.408. The number of phenols is 2. The Hall–Kier alpha value is -2.49. The van der Waals surface area contributed by atoms with Crippen LogP contribution in [-0.4, -0.2) is 14.8 Å². The first-order chi connectivity index (χ1) is 8.61. The Kier molecular flexibility index (Phi) is 2.07. The number of para-hydroxylation sites is 1. The van der Waals surface area contributed by atoms with Crippen LogP contribution in [0.5, 0.6) is 11.5 Å². The van der Waals surface area contributed by atoms with Gasteiger partial charge in [0.2, 0.25) is 5.43 Å². The van der Waals surface area contributed by atoms with E-state index in [0.717, 1.165) is 5.52 Å². The van der Waals surface area contributed by atoms with Crippen LogP contribution in [0.4, 0.5) is 0 Å². The van der Waals surface area contributed by atoms with Crippen LogP contribution < -0.4 is 5.43 Å². The summed E-state index contributed by atoms with van der Waals surface area (Å²) in [6.45, 7) is 0. The third-order valence-electron chi connectivity index (χ3n) is 3.23. The van der Waals surface area contributed by atoms with Crippen molar-refractivity contribution in [2.24, 2.45) is 7.05 Å².